The van der Waals surface area contributed by atoms with Crippen molar-refractivity contribution in [1.82, 2.24) is 0 Å². The maximum Gasteiger partial charge on any atom is 0.307 e. The number of halogens is 1. The number of thioether (sulfide) groups is 1. The average Bonchev–Trinajstić information content (AvgIpc) is 2.59. The van der Waals surface area contributed by atoms with Gasteiger partial charge in [-0.05, 0) is 18.2 Å². The summed E-state index contributed by atoms with van der Waals surface area (Å²) in [5.41, 5.74) is 0.905. The van der Waals surface area contributed by atoms with Crippen LogP contribution in [0.2, 0.25) is 5.02 Å². The third kappa shape index (κ3) is 4.46. The zero-order valence-corrected chi connectivity index (χ0v) is 14.4. The van der Waals surface area contributed by atoms with Gasteiger partial charge in [-0.15, -0.1) is 0 Å². The van der Waals surface area contributed by atoms with Crippen LogP contribution in [-0.2, 0) is 4.79 Å². The molecule has 1 atom stereocenters. The summed E-state index contributed by atoms with van der Waals surface area (Å²) >= 11 is 6.86. The highest BCUT2D eigenvalue weighted by atomic mass is 35.5. The molecule has 2 rings (SSSR count). The van der Waals surface area contributed by atoms with Crippen LogP contribution in [0, 0.1) is 5.92 Å². The molecule has 0 aromatic heterocycles. The molecule has 124 valence electrons. The number of aliphatic carboxylic acids is 1. The molecule has 0 radical (unpaired) electrons. The van der Waals surface area contributed by atoms with E-state index in [1.54, 1.807) is 30.3 Å². The number of benzene rings is 2. The van der Waals surface area contributed by atoms with E-state index < -0.39 is 11.9 Å². The lowest BCUT2D eigenvalue weighted by molar-refractivity contribution is -0.140. The second-order valence-electron chi connectivity index (χ2n) is 5.22. The van der Waals surface area contributed by atoms with Gasteiger partial charge in [0, 0.05) is 27.5 Å². The van der Waals surface area contributed by atoms with E-state index in [0.29, 0.717) is 10.6 Å². The molecule has 2 aromatic rings. The largest absolute Gasteiger partial charge is 0.481 e. The molecule has 0 heterocycles. The zero-order valence-electron chi connectivity index (χ0n) is 12.9. The highest BCUT2D eigenvalue weighted by molar-refractivity contribution is 8.14. The van der Waals surface area contributed by atoms with Crippen molar-refractivity contribution in [2.24, 2.45) is 5.92 Å². The van der Waals surface area contributed by atoms with E-state index in [1.165, 1.54) is 25.1 Å². The van der Waals surface area contributed by atoms with Gasteiger partial charge in [0.2, 0.25) is 5.12 Å². The Morgan fingerprint density at radius 3 is 2.38 bits per heavy atom. The Balaban J connectivity index is 2.29. The van der Waals surface area contributed by atoms with Crippen LogP contribution in [0.5, 0.6) is 0 Å². The first-order valence-corrected chi connectivity index (χ1v) is 8.55. The summed E-state index contributed by atoms with van der Waals surface area (Å²) in [6.07, 6.45) is 0. The van der Waals surface area contributed by atoms with E-state index in [4.69, 9.17) is 16.7 Å². The van der Waals surface area contributed by atoms with E-state index in [-0.39, 0.29) is 27.8 Å². The number of rotatable bonds is 6. The van der Waals surface area contributed by atoms with Crippen molar-refractivity contribution < 1.29 is 19.5 Å². The Kier molecular flexibility index (Phi) is 6.17. The van der Waals surface area contributed by atoms with Crippen molar-refractivity contribution in [3.05, 3.63) is 70.2 Å². The van der Waals surface area contributed by atoms with E-state index in [1.807, 2.05) is 0 Å². The minimum absolute atomic E-state index is 0.135. The molecular formula is C18H15ClO4S. The summed E-state index contributed by atoms with van der Waals surface area (Å²) in [5, 5.41) is 8.91. The van der Waals surface area contributed by atoms with Crippen molar-refractivity contribution in [3.63, 3.8) is 0 Å². The number of carbonyl (C=O) groups is 3. The van der Waals surface area contributed by atoms with Gasteiger partial charge in [-0.25, -0.2) is 0 Å². The average molecular weight is 363 g/mol. The van der Waals surface area contributed by atoms with Gasteiger partial charge in [0.05, 0.1) is 5.92 Å². The molecule has 0 unspecified atom stereocenters. The first kappa shape index (κ1) is 18.2. The van der Waals surface area contributed by atoms with E-state index in [9.17, 15) is 14.4 Å². The fourth-order valence-corrected chi connectivity index (χ4v) is 3.03. The summed E-state index contributed by atoms with van der Waals surface area (Å²) in [7, 11) is 0. The van der Waals surface area contributed by atoms with Gasteiger partial charge < -0.3 is 5.11 Å². The van der Waals surface area contributed by atoms with E-state index in [0.717, 1.165) is 11.8 Å². The Bertz CT molecular complexity index is 774. The molecule has 0 amide bonds. The van der Waals surface area contributed by atoms with Crippen LogP contribution >= 0.6 is 23.4 Å². The summed E-state index contributed by atoms with van der Waals surface area (Å²) in [6.45, 7) is 1.53. The normalized spacial score (nSPS) is 11.8. The van der Waals surface area contributed by atoms with Gasteiger partial charge >= 0.3 is 5.97 Å². The number of carboxylic acids is 1. The smallest absolute Gasteiger partial charge is 0.307 e. The molecule has 0 aliphatic heterocycles. The van der Waals surface area contributed by atoms with Crippen molar-refractivity contribution in [1.29, 1.82) is 0 Å². The number of carbonyl (C=O) groups excluding carboxylic acids is 2. The van der Waals surface area contributed by atoms with Gasteiger partial charge in [0.25, 0.3) is 0 Å². The van der Waals surface area contributed by atoms with Crippen molar-refractivity contribution >= 4 is 40.2 Å². The monoisotopic (exact) mass is 362 g/mol. The second-order valence-corrected chi connectivity index (χ2v) is 6.65. The predicted molar refractivity (Wildman–Crippen MR) is 94.9 cm³/mol. The third-order valence-electron chi connectivity index (χ3n) is 3.37. The Labute approximate surface area is 148 Å². The molecule has 1 N–H and O–H groups in total. The number of hydrogen-bond acceptors (Lipinski definition) is 4. The third-order valence-corrected chi connectivity index (χ3v) is 4.75. The number of ketones is 1. The lowest BCUT2D eigenvalue weighted by atomic mass is 9.99. The summed E-state index contributed by atoms with van der Waals surface area (Å²) in [4.78, 5) is 35.9. The molecule has 0 saturated carbocycles. The molecule has 0 bridgehead atoms. The van der Waals surface area contributed by atoms with Crippen LogP contribution in [0.3, 0.4) is 0 Å². The first-order valence-electron chi connectivity index (χ1n) is 7.19. The molecule has 2 aromatic carbocycles. The Morgan fingerprint density at radius 2 is 1.75 bits per heavy atom. The Morgan fingerprint density at radius 1 is 1.08 bits per heavy atom. The van der Waals surface area contributed by atoms with Crippen molar-refractivity contribution in [3.8, 4) is 0 Å². The maximum absolute atomic E-state index is 12.7. The van der Waals surface area contributed by atoms with Crippen LogP contribution in [0.15, 0.2) is 48.5 Å². The lowest BCUT2D eigenvalue weighted by Gasteiger charge is -2.10. The molecular weight excluding hydrogens is 348 g/mol. The van der Waals surface area contributed by atoms with E-state index >= 15 is 0 Å². The van der Waals surface area contributed by atoms with Crippen LogP contribution in [-0.4, -0.2) is 27.7 Å². The molecule has 24 heavy (non-hydrogen) atoms. The Hall–Kier alpha value is -2.11. The fraction of sp³-hybridized carbons (Fsp3) is 0.167. The van der Waals surface area contributed by atoms with Gasteiger partial charge in [-0.2, -0.15) is 0 Å². The molecule has 0 fully saturated rings. The summed E-state index contributed by atoms with van der Waals surface area (Å²) in [5.74, 6) is -1.78. The number of carboxylic acid groups (broad SMARTS) is 1. The second kappa shape index (κ2) is 8.13. The van der Waals surface area contributed by atoms with Crippen LogP contribution < -0.4 is 0 Å². The SMILES string of the molecule is C[C@H](CSC(=O)c1ccc(Cl)cc1C(=O)c1ccccc1)C(=O)O. The van der Waals surface area contributed by atoms with Gasteiger partial charge in [-0.1, -0.05) is 60.6 Å². The predicted octanol–water partition coefficient (Wildman–Crippen LogP) is 4.17. The lowest BCUT2D eigenvalue weighted by Crippen LogP contribution is -2.14. The molecule has 0 aliphatic carbocycles. The topological polar surface area (TPSA) is 71.4 Å². The highest BCUT2D eigenvalue weighted by Gasteiger charge is 2.21. The molecule has 0 spiro atoms. The molecule has 0 saturated heterocycles. The highest BCUT2D eigenvalue weighted by Crippen LogP contribution is 2.24. The summed E-state index contributed by atoms with van der Waals surface area (Å²) < 4.78 is 0. The molecule has 0 aliphatic rings. The summed E-state index contributed by atoms with van der Waals surface area (Å²) in [6, 6.07) is 13.1. The van der Waals surface area contributed by atoms with Crippen LogP contribution in [0.1, 0.15) is 33.2 Å². The quantitative estimate of drug-likeness (QED) is 0.781. The fourth-order valence-electron chi connectivity index (χ4n) is 1.98. The zero-order chi connectivity index (χ0) is 17.7. The standard InChI is InChI=1S/C18H15ClO4S/c1-11(17(21)22)10-24-18(23)14-8-7-13(19)9-15(14)16(20)12-5-3-2-4-6-12/h2-9,11H,10H2,1H3,(H,21,22)/t11-/m1/s1. The van der Waals surface area contributed by atoms with Gasteiger partial charge in [0.15, 0.2) is 5.78 Å². The van der Waals surface area contributed by atoms with Crippen molar-refractivity contribution in [2.45, 2.75) is 6.92 Å². The molecule has 6 heteroatoms. The molecule has 4 nitrogen and oxygen atoms in total. The van der Waals surface area contributed by atoms with Gasteiger partial charge in [0.1, 0.15) is 0 Å². The first-order chi connectivity index (χ1) is 11.4. The van der Waals surface area contributed by atoms with Gasteiger partial charge in [-0.3, -0.25) is 14.4 Å². The van der Waals surface area contributed by atoms with Crippen LogP contribution in [0.4, 0.5) is 0 Å². The van der Waals surface area contributed by atoms with Crippen molar-refractivity contribution in [2.75, 3.05) is 5.75 Å². The number of hydrogen-bond donors (Lipinski definition) is 1. The van der Waals surface area contributed by atoms with Crippen LogP contribution in [0.25, 0.3) is 0 Å². The maximum atomic E-state index is 12.7. The minimum atomic E-state index is -0.966. The minimum Gasteiger partial charge on any atom is -0.481 e. The van der Waals surface area contributed by atoms with E-state index in [2.05, 4.69) is 0 Å².